The van der Waals surface area contributed by atoms with Crippen LogP contribution in [0.4, 0.5) is 21.5 Å². The Labute approximate surface area is 385 Å². The number of hydrogen-bond acceptors (Lipinski definition) is 1. The van der Waals surface area contributed by atoms with Crippen molar-refractivity contribution in [2.45, 2.75) is 31.6 Å². The molecule has 1 heterocycles. The summed E-state index contributed by atoms with van der Waals surface area (Å²) in [7, 11) is 0. The molecular weight excluding hydrogens is 804 g/mol. The highest BCUT2D eigenvalue weighted by Crippen LogP contribution is 2.56. The fourth-order valence-electron chi connectivity index (χ4n) is 10.7. The number of nitrogens with zero attached hydrogens (tertiary/aromatic N) is 2. The fraction of sp³-hybridized carbons (Fsp3) is 0.0794. The van der Waals surface area contributed by atoms with Crippen LogP contribution in [0.2, 0.25) is 0 Å². The summed E-state index contributed by atoms with van der Waals surface area (Å²) in [6.45, 7) is 6.68. The minimum absolute atomic E-state index is 0.0383. The van der Waals surface area contributed by atoms with E-state index in [2.05, 4.69) is 236 Å². The average Bonchev–Trinajstić information content (AvgIpc) is 3.85. The highest BCUT2D eigenvalue weighted by molar-refractivity contribution is 6.11. The summed E-state index contributed by atoms with van der Waals surface area (Å²) in [6, 6.07) is 82.6. The largest absolute Gasteiger partial charge is 0.310 e. The summed E-state index contributed by atoms with van der Waals surface area (Å²) in [5.74, 6) is -0.251. The normalized spacial score (nSPS) is 13.0. The van der Waals surface area contributed by atoms with E-state index in [0.717, 1.165) is 39.1 Å². The Hall–Kier alpha value is -8.01. The number of benzene rings is 10. The van der Waals surface area contributed by atoms with Gasteiger partial charge in [-0.3, -0.25) is 0 Å². The van der Waals surface area contributed by atoms with Crippen LogP contribution < -0.4 is 4.90 Å². The Morgan fingerprint density at radius 3 is 1.71 bits per heavy atom. The molecule has 66 heavy (non-hydrogen) atoms. The summed E-state index contributed by atoms with van der Waals surface area (Å²) in [6.07, 6.45) is 0. The summed E-state index contributed by atoms with van der Waals surface area (Å²) in [5, 5.41) is 4.72. The number of rotatable bonds is 7. The first-order valence-electron chi connectivity index (χ1n) is 22.9. The molecule has 2 nitrogen and oxygen atoms in total. The maximum absolute atomic E-state index is 14.2. The van der Waals surface area contributed by atoms with Gasteiger partial charge in [-0.15, -0.1) is 0 Å². The van der Waals surface area contributed by atoms with Crippen molar-refractivity contribution in [1.29, 1.82) is 0 Å². The number of anilines is 3. The summed E-state index contributed by atoms with van der Waals surface area (Å²) in [5.41, 5.74) is 17.2. The van der Waals surface area contributed by atoms with Crippen molar-refractivity contribution >= 4 is 49.6 Å². The van der Waals surface area contributed by atoms with E-state index >= 15 is 0 Å². The van der Waals surface area contributed by atoms with E-state index in [9.17, 15) is 4.39 Å². The molecule has 10 aromatic carbocycles. The highest BCUT2D eigenvalue weighted by Gasteiger charge is 2.46. The lowest BCUT2D eigenvalue weighted by molar-refractivity contribution is 0.590. The predicted octanol–water partition coefficient (Wildman–Crippen LogP) is 16.9. The van der Waals surface area contributed by atoms with E-state index in [-0.39, 0.29) is 11.2 Å². The van der Waals surface area contributed by atoms with Gasteiger partial charge in [0, 0.05) is 33.5 Å². The van der Waals surface area contributed by atoms with E-state index in [4.69, 9.17) is 0 Å². The van der Waals surface area contributed by atoms with E-state index < -0.39 is 5.41 Å². The minimum atomic E-state index is -0.482. The molecule has 0 atom stereocenters. The molecule has 12 rings (SSSR count). The van der Waals surface area contributed by atoms with Gasteiger partial charge in [0.1, 0.15) is 5.82 Å². The maximum Gasteiger partial charge on any atom is 0.123 e. The molecule has 0 N–H and O–H groups in total. The molecule has 0 aliphatic heterocycles. The first kappa shape index (κ1) is 39.6. The van der Waals surface area contributed by atoms with Gasteiger partial charge < -0.3 is 9.47 Å². The lowest BCUT2D eigenvalue weighted by atomic mass is 9.67. The Morgan fingerprint density at radius 2 is 0.985 bits per heavy atom. The Morgan fingerprint density at radius 1 is 0.424 bits per heavy atom. The second kappa shape index (κ2) is 15.3. The van der Waals surface area contributed by atoms with Gasteiger partial charge >= 0.3 is 0 Å². The third-order valence-electron chi connectivity index (χ3n) is 13.9. The molecule has 316 valence electrons. The van der Waals surface area contributed by atoms with Crippen molar-refractivity contribution in [3.8, 4) is 27.9 Å². The van der Waals surface area contributed by atoms with E-state index in [0.29, 0.717) is 0 Å². The Kier molecular flexibility index (Phi) is 9.19. The third-order valence-corrected chi connectivity index (χ3v) is 13.9. The van der Waals surface area contributed by atoms with Gasteiger partial charge in [0.25, 0.3) is 0 Å². The minimum Gasteiger partial charge on any atom is -0.310 e. The smallest absolute Gasteiger partial charge is 0.123 e. The molecule has 1 aromatic heterocycles. The molecule has 0 saturated carbocycles. The monoisotopic (exact) mass is 850 g/mol. The zero-order valence-electron chi connectivity index (χ0n) is 37.2. The van der Waals surface area contributed by atoms with E-state index in [1.807, 2.05) is 12.1 Å². The lowest BCUT2D eigenvalue weighted by Gasteiger charge is -2.34. The molecule has 11 aromatic rings. The third kappa shape index (κ3) is 6.30. The second-order valence-corrected chi connectivity index (χ2v) is 18.7. The van der Waals surface area contributed by atoms with Gasteiger partial charge in [-0.2, -0.15) is 0 Å². The van der Waals surface area contributed by atoms with Crippen LogP contribution in [0.1, 0.15) is 48.6 Å². The maximum atomic E-state index is 14.2. The molecule has 0 unspecified atom stereocenters. The molecule has 3 heteroatoms. The molecule has 0 amide bonds. The van der Waals surface area contributed by atoms with Crippen LogP contribution in [0.25, 0.3) is 60.5 Å². The zero-order valence-corrected chi connectivity index (χ0v) is 37.2. The first-order chi connectivity index (χ1) is 32.3. The average molecular weight is 851 g/mol. The topological polar surface area (TPSA) is 8.17 Å². The highest BCUT2D eigenvalue weighted by atomic mass is 19.1. The Balaban J connectivity index is 0.960. The number of fused-ring (bicyclic) bond motifs is 7. The molecule has 0 fully saturated rings. The standard InChI is InChI=1S/C63H47FN2/c1-62(2,3)46-26-31-50(32-27-46)65(51-33-28-49(64)29-34-51)52-30-24-43-38-42(22-23-44(43)39-52)45-25-37-61-57(40-45)56-19-11-13-21-60(56)66(61)53-35-36-55-54-18-10-12-20-58(54)63(59(55)41-53,47-14-6-4-7-15-47)48-16-8-5-9-17-48/h4-41H,1-3H3. The molecule has 0 radical (unpaired) electrons. The number of halogens is 1. The molecule has 1 aliphatic carbocycles. The number of hydrogen-bond donors (Lipinski definition) is 0. The zero-order chi connectivity index (χ0) is 44.6. The number of para-hydroxylation sites is 1. The molecule has 1 aliphatic rings. The van der Waals surface area contributed by atoms with Gasteiger partial charge in [0.05, 0.1) is 16.4 Å². The predicted molar refractivity (Wildman–Crippen MR) is 274 cm³/mol. The van der Waals surface area contributed by atoms with Crippen LogP contribution in [0.3, 0.4) is 0 Å². The molecule has 0 spiro atoms. The first-order valence-corrected chi connectivity index (χ1v) is 22.9. The molecular formula is C63H47FN2. The van der Waals surface area contributed by atoms with Crippen LogP contribution in [0.15, 0.2) is 231 Å². The van der Waals surface area contributed by atoms with Crippen molar-refractivity contribution in [3.63, 3.8) is 0 Å². The van der Waals surface area contributed by atoms with Crippen LogP contribution in [0, 0.1) is 5.82 Å². The van der Waals surface area contributed by atoms with Gasteiger partial charge in [-0.05, 0) is 151 Å². The van der Waals surface area contributed by atoms with Crippen LogP contribution in [-0.4, -0.2) is 4.57 Å². The quantitative estimate of drug-likeness (QED) is 0.155. The van der Waals surface area contributed by atoms with Crippen molar-refractivity contribution in [2.75, 3.05) is 4.90 Å². The molecule has 0 saturated heterocycles. The second-order valence-electron chi connectivity index (χ2n) is 18.7. The van der Waals surface area contributed by atoms with Gasteiger partial charge in [0.15, 0.2) is 0 Å². The summed E-state index contributed by atoms with van der Waals surface area (Å²) >= 11 is 0. The fourth-order valence-corrected chi connectivity index (χ4v) is 10.7. The van der Waals surface area contributed by atoms with Crippen molar-refractivity contribution < 1.29 is 4.39 Å². The summed E-state index contributed by atoms with van der Waals surface area (Å²) in [4.78, 5) is 2.20. The van der Waals surface area contributed by atoms with Crippen LogP contribution in [-0.2, 0) is 10.8 Å². The van der Waals surface area contributed by atoms with Gasteiger partial charge in [-0.1, -0.05) is 166 Å². The summed E-state index contributed by atoms with van der Waals surface area (Å²) < 4.78 is 16.6. The lowest BCUT2D eigenvalue weighted by Crippen LogP contribution is -2.28. The van der Waals surface area contributed by atoms with Gasteiger partial charge in [0.2, 0.25) is 0 Å². The van der Waals surface area contributed by atoms with Crippen molar-refractivity contribution in [3.05, 3.63) is 264 Å². The van der Waals surface area contributed by atoms with Crippen molar-refractivity contribution in [2.24, 2.45) is 0 Å². The van der Waals surface area contributed by atoms with E-state index in [1.165, 1.54) is 78.4 Å². The van der Waals surface area contributed by atoms with Crippen LogP contribution >= 0.6 is 0 Å². The van der Waals surface area contributed by atoms with Gasteiger partial charge in [-0.25, -0.2) is 4.39 Å². The Bertz CT molecular complexity index is 3580. The number of aromatic nitrogens is 1. The van der Waals surface area contributed by atoms with Crippen molar-refractivity contribution in [1.82, 2.24) is 4.57 Å². The molecule has 0 bridgehead atoms. The van der Waals surface area contributed by atoms with E-state index in [1.54, 1.807) is 0 Å². The SMILES string of the molecule is CC(C)(C)c1ccc(N(c2ccc(F)cc2)c2ccc3cc(-c4ccc5c(c4)c4ccccc4n5-c4ccc5c(c4)C(c4ccccc4)(c4ccccc4)c4ccccc4-5)ccc3c2)cc1. The van der Waals surface area contributed by atoms with Crippen LogP contribution in [0.5, 0.6) is 0 Å².